The molecular formula is C18H19Cl2OSiZr. The van der Waals surface area contributed by atoms with Crippen LogP contribution in [0.5, 0.6) is 5.75 Å². The third-order valence-electron chi connectivity index (χ3n) is 5.04. The average Bonchev–Trinajstić information content (AvgIpc) is 3.10. The molecular weight excluding hydrogens is 422 g/mol. The summed E-state index contributed by atoms with van der Waals surface area (Å²) < 4.78 is 0. The first-order valence-electron chi connectivity index (χ1n) is 7.49. The molecule has 1 radical (unpaired) electrons. The summed E-state index contributed by atoms with van der Waals surface area (Å²) in [6, 6.07) is 7.92. The minimum absolute atomic E-state index is 0. The molecule has 1 N–H and O–H groups in total. The number of benzene rings is 1. The predicted molar refractivity (Wildman–Crippen MR) is 88.9 cm³/mol. The van der Waals surface area contributed by atoms with E-state index >= 15 is 0 Å². The minimum Gasteiger partial charge on any atom is -1.00 e. The standard InChI is InChI=1S/C18H19OSi.2ClH.Zr/c1-3-10-20(2)15-11-13-8-9-14(12-6-4-5-7-12)18(20)16(13)17(15)19;;;/h4-6,8-9,11,19H,3,7,10H2,1-2H3;2*1H;/q-1;;;+3/p-2. The predicted octanol–water partition coefficient (Wildman–Crippen LogP) is -2.47. The van der Waals surface area contributed by atoms with Crippen LogP contribution in [-0.2, 0) is 26.2 Å². The number of allylic oxidation sites excluding steroid dienone is 4. The van der Waals surface area contributed by atoms with Gasteiger partial charge in [-0.3, -0.25) is 0 Å². The van der Waals surface area contributed by atoms with E-state index in [0.717, 1.165) is 11.8 Å². The fraction of sp³-hybridized carbons (Fsp3) is 0.278. The SMILES string of the molecule is CCC[Si]1(C)c2[cH-]c3ccc(C4=CC=CC4)c1c3c2O.[Cl-].[Cl-].[Zr+3]. The van der Waals surface area contributed by atoms with E-state index in [2.05, 4.69) is 49.9 Å². The van der Waals surface area contributed by atoms with Crippen LogP contribution in [0.3, 0.4) is 0 Å². The molecule has 1 heterocycles. The van der Waals surface area contributed by atoms with Crippen molar-refractivity contribution in [3.05, 3.63) is 42.0 Å². The average molecular weight is 442 g/mol. The summed E-state index contributed by atoms with van der Waals surface area (Å²) in [5.41, 5.74) is 2.81. The number of hydrogen-bond acceptors (Lipinski definition) is 1. The Balaban J connectivity index is 0.000000882. The van der Waals surface area contributed by atoms with E-state index in [4.69, 9.17) is 0 Å². The van der Waals surface area contributed by atoms with Gasteiger partial charge >= 0.3 is 26.2 Å². The molecule has 2 aromatic carbocycles. The van der Waals surface area contributed by atoms with Crippen LogP contribution >= 0.6 is 0 Å². The quantitative estimate of drug-likeness (QED) is 0.414. The Labute approximate surface area is 170 Å². The molecule has 119 valence electrons. The fourth-order valence-corrected chi connectivity index (χ4v) is 8.72. The molecule has 0 saturated carbocycles. The van der Waals surface area contributed by atoms with Crippen molar-refractivity contribution in [1.29, 1.82) is 0 Å². The van der Waals surface area contributed by atoms with E-state index < -0.39 is 8.07 Å². The van der Waals surface area contributed by atoms with Gasteiger partial charge in [0.2, 0.25) is 0 Å². The molecule has 1 aliphatic carbocycles. The Hall–Kier alpha value is -0.210. The van der Waals surface area contributed by atoms with E-state index in [0.29, 0.717) is 5.75 Å². The molecule has 0 spiro atoms. The monoisotopic (exact) mass is 439 g/mol. The van der Waals surface area contributed by atoms with Gasteiger partial charge in [0.05, 0.1) is 8.07 Å². The van der Waals surface area contributed by atoms with Crippen molar-refractivity contribution >= 4 is 34.8 Å². The molecule has 1 nitrogen and oxygen atoms in total. The maximum Gasteiger partial charge on any atom is 3.00 e. The van der Waals surface area contributed by atoms with Crippen LogP contribution in [0.4, 0.5) is 0 Å². The van der Waals surface area contributed by atoms with E-state index in [1.165, 1.54) is 39.4 Å². The van der Waals surface area contributed by atoms with Crippen LogP contribution in [-0.4, -0.2) is 13.2 Å². The minimum atomic E-state index is -1.70. The van der Waals surface area contributed by atoms with Gasteiger partial charge in [-0.25, -0.2) is 0 Å². The molecule has 0 saturated heterocycles. The molecule has 4 rings (SSSR count). The number of halogens is 2. The number of rotatable bonds is 3. The molecule has 5 heteroatoms. The summed E-state index contributed by atoms with van der Waals surface area (Å²) in [7, 11) is -1.70. The van der Waals surface area contributed by atoms with Gasteiger partial charge in [0, 0.05) is 5.75 Å². The van der Waals surface area contributed by atoms with Crippen LogP contribution in [0.15, 0.2) is 36.4 Å². The zero-order chi connectivity index (χ0) is 13.9. The molecule has 0 fully saturated rings. The Morgan fingerprint density at radius 3 is 2.61 bits per heavy atom. The van der Waals surface area contributed by atoms with E-state index in [9.17, 15) is 5.11 Å². The largest absolute Gasteiger partial charge is 3.00 e. The van der Waals surface area contributed by atoms with E-state index in [1.54, 1.807) is 0 Å². The third kappa shape index (κ3) is 2.74. The van der Waals surface area contributed by atoms with Gasteiger partial charge in [0.15, 0.2) is 0 Å². The summed E-state index contributed by atoms with van der Waals surface area (Å²) in [4.78, 5) is 0. The van der Waals surface area contributed by atoms with Gasteiger partial charge in [0.25, 0.3) is 0 Å². The normalized spacial score (nSPS) is 20.2. The molecule has 1 atom stereocenters. The van der Waals surface area contributed by atoms with Gasteiger partial charge in [-0.2, -0.15) is 0 Å². The second-order valence-corrected chi connectivity index (χ2v) is 10.5. The summed E-state index contributed by atoms with van der Waals surface area (Å²) >= 11 is 0. The maximum absolute atomic E-state index is 10.6. The van der Waals surface area contributed by atoms with E-state index in [-0.39, 0.29) is 51.0 Å². The first-order valence-corrected chi connectivity index (χ1v) is 10.2. The van der Waals surface area contributed by atoms with Crippen LogP contribution in [0.2, 0.25) is 12.6 Å². The Morgan fingerprint density at radius 2 is 2.00 bits per heavy atom. The van der Waals surface area contributed by atoms with Crippen molar-refractivity contribution < 1.29 is 56.1 Å². The van der Waals surface area contributed by atoms with Crippen molar-refractivity contribution in [2.24, 2.45) is 0 Å². The Kier molecular flexibility index (Phi) is 6.66. The molecule has 2 bridgehead atoms. The van der Waals surface area contributed by atoms with Gasteiger partial charge in [-0.05, 0) is 17.6 Å². The molecule has 1 unspecified atom stereocenters. The molecule has 23 heavy (non-hydrogen) atoms. The number of aromatic hydroxyl groups is 1. The van der Waals surface area contributed by atoms with Crippen molar-refractivity contribution in [2.75, 3.05) is 0 Å². The van der Waals surface area contributed by atoms with Crippen LogP contribution in [0.25, 0.3) is 16.3 Å². The number of fused-ring (bicyclic) bond motifs is 1. The molecule has 2 aromatic rings. The zero-order valence-corrected chi connectivity index (χ0v) is 18.3. The van der Waals surface area contributed by atoms with Crippen molar-refractivity contribution in [3.8, 4) is 5.75 Å². The van der Waals surface area contributed by atoms with Crippen LogP contribution in [0, 0.1) is 0 Å². The van der Waals surface area contributed by atoms with Crippen LogP contribution < -0.4 is 35.2 Å². The van der Waals surface area contributed by atoms with Gasteiger partial charge in [0.1, 0.15) is 0 Å². The molecule has 2 aliphatic rings. The zero-order valence-electron chi connectivity index (χ0n) is 13.3. The molecule has 0 aromatic heterocycles. The van der Waals surface area contributed by atoms with Gasteiger partial charge in [-0.1, -0.05) is 55.4 Å². The van der Waals surface area contributed by atoms with Crippen molar-refractivity contribution in [3.63, 3.8) is 0 Å². The van der Waals surface area contributed by atoms with E-state index in [1.807, 2.05) is 0 Å². The number of hydrogen-bond donors (Lipinski definition) is 1. The summed E-state index contributed by atoms with van der Waals surface area (Å²) in [5.74, 6) is 0.589. The second kappa shape index (κ2) is 7.35. The Morgan fingerprint density at radius 1 is 1.26 bits per heavy atom. The molecule has 1 aliphatic heterocycles. The maximum atomic E-state index is 10.6. The summed E-state index contributed by atoms with van der Waals surface area (Å²) in [6.07, 6.45) is 8.82. The van der Waals surface area contributed by atoms with Gasteiger partial charge < -0.3 is 29.9 Å². The first-order chi connectivity index (χ1) is 9.66. The summed E-state index contributed by atoms with van der Waals surface area (Å²) in [6.45, 7) is 4.69. The van der Waals surface area contributed by atoms with Crippen molar-refractivity contribution in [2.45, 2.75) is 32.4 Å². The first kappa shape index (κ1) is 20.8. The smallest absolute Gasteiger partial charge is 1.00 e. The summed E-state index contributed by atoms with van der Waals surface area (Å²) in [5, 5.41) is 15.7. The topological polar surface area (TPSA) is 20.2 Å². The molecule has 0 amide bonds. The van der Waals surface area contributed by atoms with Crippen molar-refractivity contribution in [1.82, 2.24) is 0 Å². The Bertz CT molecular complexity index is 794. The van der Waals surface area contributed by atoms with Crippen LogP contribution in [0.1, 0.15) is 25.3 Å². The third-order valence-corrected chi connectivity index (χ3v) is 9.74. The fourth-order valence-electron chi connectivity index (χ4n) is 4.16. The van der Waals surface area contributed by atoms with Gasteiger partial charge in [-0.15, -0.1) is 28.1 Å². The second-order valence-electron chi connectivity index (χ2n) is 6.27.